The summed E-state index contributed by atoms with van der Waals surface area (Å²) in [6.07, 6.45) is 4.00. The zero-order chi connectivity index (χ0) is 12.8. The van der Waals surface area contributed by atoms with Crippen LogP contribution >= 0.6 is 15.9 Å². The van der Waals surface area contributed by atoms with Crippen molar-refractivity contribution in [2.75, 3.05) is 6.54 Å². The van der Waals surface area contributed by atoms with Gasteiger partial charge in [0.1, 0.15) is 0 Å². The van der Waals surface area contributed by atoms with Crippen molar-refractivity contribution in [1.82, 2.24) is 10.1 Å². The number of halogens is 1. The molecule has 0 saturated heterocycles. The summed E-state index contributed by atoms with van der Waals surface area (Å²) in [7, 11) is 0. The van der Waals surface area contributed by atoms with Gasteiger partial charge in [0.25, 0.3) is 0 Å². The van der Waals surface area contributed by atoms with Gasteiger partial charge in [0.2, 0.25) is 11.7 Å². The van der Waals surface area contributed by atoms with E-state index >= 15 is 0 Å². The molecule has 0 aliphatic rings. The number of unbranched alkanes of at least 4 members (excludes halogenated alkanes) is 2. The Hall–Kier alpha value is -1.20. The average Bonchev–Trinajstić information content (AvgIpc) is 2.84. The number of aryl methyl sites for hydroxylation is 1. The molecule has 4 nitrogen and oxygen atoms in total. The van der Waals surface area contributed by atoms with Crippen molar-refractivity contribution in [3.8, 4) is 11.4 Å². The first-order valence-electron chi connectivity index (χ1n) is 6.09. The molecule has 96 valence electrons. The molecule has 0 spiro atoms. The van der Waals surface area contributed by atoms with Crippen LogP contribution in [0.4, 0.5) is 0 Å². The van der Waals surface area contributed by atoms with Crippen molar-refractivity contribution in [2.24, 2.45) is 5.73 Å². The van der Waals surface area contributed by atoms with E-state index in [2.05, 4.69) is 26.1 Å². The van der Waals surface area contributed by atoms with Gasteiger partial charge in [-0.15, -0.1) is 0 Å². The molecule has 0 aliphatic carbocycles. The molecule has 2 aromatic rings. The predicted molar refractivity (Wildman–Crippen MR) is 74.0 cm³/mol. The smallest absolute Gasteiger partial charge is 0.226 e. The van der Waals surface area contributed by atoms with Crippen molar-refractivity contribution in [1.29, 1.82) is 0 Å². The van der Waals surface area contributed by atoms with Crippen LogP contribution in [0.1, 0.15) is 25.2 Å². The van der Waals surface area contributed by atoms with Crippen LogP contribution in [-0.4, -0.2) is 16.7 Å². The van der Waals surface area contributed by atoms with E-state index in [4.69, 9.17) is 10.3 Å². The van der Waals surface area contributed by atoms with Crippen LogP contribution in [0.2, 0.25) is 0 Å². The van der Waals surface area contributed by atoms with E-state index in [0.717, 1.165) is 42.3 Å². The SMILES string of the molecule is NCCCCCc1nc(-c2ccccc2Br)no1. The molecular formula is C13H16BrN3O. The minimum atomic E-state index is 0.635. The number of rotatable bonds is 6. The molecule has 0 radical (unpaired) electrons. The van der Waals surface area contributed by atoms with Crippen molar-refractivity contribution in [3.05, 3.63) is 34.6 Å². The van der Waals surface area contributed by atoms with Crippen LogP contribution in [0.5, 0.6) is 0 Å². The standard InChI is InChI=1S/C13H16BrN3O/c14-11-7-4-3-6-10(11)13-16-12(18-17-13)8-2-1-5-9-15/h3-4,6-7H,1-2,5,8-9,15H2. The largest absolute Gasteiger partial charge is 0.339 e. The third kappa shape index (κ3) is 3.40. The van der Waals surface area contributed by atoms with E-state index < -0.39 is 0 Å². The number of nitrogens with two attached hydrogens (primary N) is 1. The van der Waals surface area contributed by atoms with Crippen LogP contribution in [0.15, 0.2) is 33.3 Å². The number of hydrogen-bond acceptors (Lipinski definition) is 4. The molecule has 1 heterocycles. The Bertz CT molecular complexity index is 498. The maximum atomic E-state index is 5.45. The summed E-state index contributed by atoms with van der Waals surface area (Å²) >= 11 is 3.48. The van der Waals surface area contributed by atoms with Gasteiger partial charge in [-0.05, 0) is 31.5 Å². The molecule has 0 aliphatic heterocycles. The normalized spacial score (nSPS) is 10.8. The molecule has 18 heavy (non-hydrogen) atoms. The minimum Gasteiger partial charge on any atom is -0.339 e. The van der Waals surface area contributed by atoms with Crippen LogP contribution in [0.3, 0.4) is 0 Å². The summed E-state index contributed by atoms with van der Waals surface area (Å²) in [6.45, 7) is 0.742. The zero-order valence-corrected chi connectivity index (χ0v) is 11.7. The molecule has 2 rings (SSSR count). The van der Waals surface area contributed by atoms with E-state index in [9.17, 15) is 0 Å². The third-order valence-corrected chi connectivity index (χ3v) is 3.37. The highest BCUT2D eigenvalue weighted by Crippen LogP contribution is 2.25. The molecule has 0 saturated carbocycles. The second kappa shape index (κ2) is 6.66. The van der Waals surface area contributed by atoms with E-state index in [1.807, 2.05) is 24.3 Å². The van der Waals surface area contributed by atoms with Crippen LogP contribution < -0.4 is 5.73 Å². The first-order valence-corrected chi connectivity index (χ1v) is 6.88. The van der Waals surface area contributed by atoms with Crippen LogP contribution in [0, 0.1) is 0 Å². The summed E-state index contributed by atoms with van der Waals surface area (Å²) in [5.41, 5.74) is 6.40. The van der Waals surface area contributed by atoms with Gasteiger partial charge < -0.3 is 10.3 Å². The average molecular weight is 310 g/mol. The number of benzene rings is 1. The lowest BCUT2D eigenvalue weighted by Gasteiger charge is -1.96. The molecule has 0 atom stereocenters. The topological polar surface area (TPSA) is 64.9 Å². The van der Waals surface area contributed by atoms with Gasteiger partial charge in [-0.2, -0.15) is 4.98 Å². The first-order chi connectivity index (χ1) is 8.81. The monoisotopic (exact) mass is 309 g/mol. The Kier molecular flexibility index (Phi) is 4.90. The second-order valence-electron chi connectivity index (χ2n) is 4.09. The maximum Gasteiger partial charge on any atom is 0.226 e. The molecule has 0 fully saturated rings. The number of aromatic nitrogens is 2. The molecule has 0 unspecified atom stereocenters. The van der Waals surface area contributed by atoms with Gasteiger partial charge >= 0.3 is 0 Å². The Morgan fingerprint density at radius 3 is 2.78 bits per heavy atom. The van der Waals surface area contributed by atoms with E-state index in [1.54, 1.807) is 0 Å². The Morgan fingerprint density at radius 1 is 1.17 bits per heavy atom. The van der Waals surface area contributed by atoms with Gasteiger partial charge in [-0.25, -0.2) is 0 Å². The van der Waals surface area contributed by atoms with Crippen molar-refractivity contribution >= 4 is 15.9 Å². The molecule has 2 N–H and O–H groups in total. The van der Waals surface area contributed by atoms with Gasteiger partial charge in [-0.1, -0.05) is 39.6 Å². The Balaban J connectivity index is 2.00. The molecule has 1 aromatic heterocycles. The van der Waals surface area contributed by atoms with Crippen LogP contribution in [0.25, 0.3) is 11.4 Å². The third-order valence-electron chi connectivity index (χ3n) is 2.68. The molecular weight excluding hydrogens is 294 g/mol. The van der Waals surface area contributed by atoms with E-state index in [1.165, 1.54) is 0 Å². The van der Waals surface area contributed by atoms with Gasteiger partial charge in [0.15, 0.2) is 0 Å². The summed E-state index contributed by atoms with van der Waals surface area (Å²) < 4.78 is 6.21. The second-order valence-corrected chi connectivity index (χ2v) is 4.95. The fourth-order valence-corrected chi connectivity index (χ4v) is 2.17. The minimum absolute atomic E-state index is 0.635. The molecule has 0 amide bonds. The first kappa shape index (κ1) is 13.2. The Morgan fingerprint density at radius 2 is 2.00 bits per heavy atom. The lowest BCUT2D eigenvalue weighted by Crippen LogP contribution is -1.98. The summed E-state index contributed by atoms with van der Waals surface area (Å²) in [5, 5.41) is 4.01. The summed E-state index contributed by atoms with van der Waals surface area (Å²) in [6, 6.07) is 7.85. The van der Waals surface area contributed by atoms with Crippen molar-refractivity contribution in [3.63, 3.8) is 0 Å². The number of hydrogen-bond donors (Lipinski definition) is 1. The highest BCUT2D eigenvalue weighted by molar-refractivity contribution is 9.10. The van der Waals surface area contributed by atoms with Crippen LogP contribution in [-0.2, 0) is 6.42 Å². The maximum absolute atomic E-state index is 5.45. The predicted octanol–water partition coefficient (Wildman–Crippen LogP) is 3.17. The lowest BCUT2D eigenvalue weighted by atomic mass is 10.2. The van der Waals surface area contributed by atoms with Gasteiger partial charge in [0.05, 0.1) is 0 Å². The summed E-state index contributed by atoms with van der Waals surface area (Å²) in [5.74, 6) is 1.33. The highest BCUT2D eigenvalue weighted by Gasteiger charge is 2.10. The highest BCUT2D eigenvalue weighted by atomic mass is 79.9. The van der Waals surface area contributed by atoms with E-state index in [-0.39, 0.29) is 0 Å². The molecule has 5 heteroatoms. The zero-order valence-electron chi connectivity index (χ0n) is 10.1. The van der Waals surface area contributed by atoms with Crippen molar-refractivity contribution in [2.45, 2.75) is 25.7 Å². The lowest BCUT2D eigenvalue weighted by molar-refractivity contribution is 0.374. The van der Waals surface area contributed by atoms with E-state index in [0.29, 0.717) is 11.7 Å². The summed E-state index contributed by atoms with van der Waals surface area (Å²) in [4.78, 5) is 4.40. The quantitative estimate of drug-likeness (QED) is 0.832. The Labute approximate surface area is 115 Å². The van der Waals surface area contributed by atoms with Gasteiger partial charge in [-0.3, -0.25) is 0 Å². The fourth-order valence-electron chi connectivity index (χ4n) is 1.71. The molecule has 1 aromatic carbocycles. The van der Waals surface area contributed by atoms with Crippen molar-refractivity contribution < 1.29 is 4.52 Å². The van der Waals surface area contributed by atoms with Gasteiger partial charge in [0, 0.05) is 16.5 Å². The molecule has 0 bridgehead atoms. The fraction of sp³-hybridized carbons (Fsp3) is 0.385. The number of nitrogens with zero attached hydrogens (tertiary/aromatic N) is 2.